The van der Waals surface area contributed by atoms with Crippen molar-refractivity contribution in [2.24, 2.45) is 0 Å². The highest BCUT2D eigenvalue weighted by Crippen LogP contribution is 2.26. The summed E-state index contributed by atoms with van der Waals surface area (Å²) in [5.74, 6) is 1.25. The van der Waals surface area contributed by atoms with Gasteiger partial charge in [0.05, 0.1) is 25.0 Å². The average molecular weight is 363 g/mol. The van der Waals surface area contributed by atoms with E-state index in [1.54, 1.807) is 28.0 Å². The number of fused-ring (bicyclic) bond motifs is 1. The number of nitrogens with zero attached hydrogens (tertiary/aromatic N) is 4. The van der Waals surface area contributed by atoms with Crippen LogP contribution in [0, 0.1) is 0 Å². The molecule has 0 unspecified atom stereocenters. The molecule has 2 aromatic rings. The number of methoxy groups -OCH3 is 1. The van der Waals surface area contributed by atoms with Crippen molar-refractivity contribution in [3.05, 3.63) is 29.7 Å². The number of imidazole rings is 1. The van der Waals surface area contributed by atoms with Gasteiger partial charge in [0.2, 0.25) is 5.88 Å². The van der Waals surface area contributed by atoms with E-state index in [-0.39, 0.29) is 0 Å². The number of pyridine rings is 1. The molecule has 0 spiro atoms. The molecule has 9 heteroatoms. The smallest absolute Gasteiger partial charge is 0.282 e. The van der Waals surface area contributed by atoms with Crippen LogP contribution in [0.4, 0.5) is 0 Å². The lowest BCUT2D eigenvalue weighted by atomic mass is 10.2. The summed E-state index contributed by atoms with van der Waals surface area (Å²) in [5, 5.41) is 0. The second-order valence-corrected chi connectivity index (χ2v) is 8.23. The van der Waals surface area contributed by atoms with Crippen LogP contribution in [0.5, 0.6) is 5.88 Å². The Labute approximate surface area is 147 Å². The van der Waals surface area contributed by atoms with E-state index in [9.17, 15) is 8.42 Å². The molecule has 0 amide bonds. The third-order valence-electron chi connectivity index (χ3n) is 4.73. The van der Waals surface area contributed by atoms with Crippen molar-refractivity contribution in [1.82, 2.24) is 23.6 Å². The molecule has 4 heterocycles. The first-order valence-electron chi connectivity index (χ1n) is 8.41. The standard InChI is InChI=1S/C16H21N5O3S/c1-24-15-5-4-12(10-17-15)16-18-13-6-9-21(11-14(13)19-16)25(22,23)20-7-2-3-8-20/h4-5,10H,2-3,6-9,11H2,1H3,(H,18,19). The number of ether oxygens (including phenoxy) is 1. The minimum Gasteiger partial charge on any atom is -0.481 e. The molecule has 2 aliphatic rings. The minimum absolute atomic E-state index is 0.338. The maximum Gasteiger partial charge on any atom is 0.282 e. The Hall–Kier alpha value is -1.97. The first kappa shape index (κ1) is 16.5. The second kappa shape index (κ2) is 6.40. The SMILES string of the molecule is COc1ccc(-c2nc3c([nH]2)CN(S(=O)(=O)N2CCCC2)CC3)cn1. The molecule has 25 heavy (non-hydrogen) atoms. The third-order valence-corrected chi connectivity index (χ3v) is 6.72. The summed E-state index contributed by atoms with van der Waals surface area (Å²) >= 11 is 0. The monoisotopic (exact) mass is 363 g/mol. The largest absolute Gasteiger partial charge is 0.481 e. The zero-order valence-electron chi connectivity index (χ0n) is 14.1. The number of hydrogen-bond donors (Lipinski definition) is 1. The lowest BCUT2D eigenvalue weighted by Crippen LogP contribution is -2.44. The van der Waals surface area contributed by atoms with E-state index in [1.807, 2.05) is 6.07 Å². The van der Waals surface area contributed by atoms with Gasteiger partial charge < -0.3 is 9.72 Å². The molecule has 2 aliphatic heterocycles. The Morgan fingerprint density at radius 3 is 2.64 bits per heavy atom. The summed E-state index contributed by atoms with van der Waals surface area (Å²) in [6, 6.07) is 3.66. The number of rotatable bonds is 4. The fraction of sp³-hybridized carbons (Fsp3) is 0.500. The van der Waals surface area contributed by atoms with E-state index >= 15 is 0 Å². The molecular weight excluding hydrogens is 342 g/mol. The lowest BCUT2D eigenvalue weighted by molar-refractivity contribution is 0.341. The van der Waals surface area contributed by atoms with Gasteiger partial charge >= 0.3 is 0 Å². The first-order valence-corrected chi connectivity index (χ1v) is 9.81. The topological polar surface area (TPSA) is 91.4 Å². The van der Waals surface area contributed by atoms with Gasteiger partial charge in [-0.05, 0) is 18.9 Å². The Morgan fingerprint density at radius 1 is 1.16 bits per heavy atom. The maximum absolute atomic E-state index is 12.7. The van der Waals surface area contributed by atoms with Crippen LogP contribution in [0.25, 0.3) is 11.4 Å². The van der Waals surface area contributed by atoms with Gasteiger partial charge in [-0.25, -0.2) is 9.97 Å². The number of aromatic nitrogens is 3. The molecule has 4 rings (SSSR count). The molecule has 0 bridgehead atoms. The molecule has 0 saturated carbocycles. The van der Waals surface area contributed by atoms with Gasteiger partial charge in [-0.15, -0.1) is 0 Å². The predicted octanol–water partition coefficient (Wildman–Crippen LogP) is 1.18. The van der Waals surface area contributed by atoms with E-state index in [1.165, 1.54) is 0 Å². The highest BCUT2D eigenvalue weighted by Gasteiger charge is 2.34. The fourth-order valence-electron chi connectivity index (χ4n) is 3.33. The van der Waals surface area contributed by atoms with Crippen molar-refractivity contribution in [2.75, 3.05) is 26.7 Å². The van der Waals surface area contributed by atoms with Gasteiger partial charge in [0.1, 0.15) is 5.82 Å². The van der Waals surface area contributed by atoms with Crippen LogP contribution in [-0.4, -0.2) is 58.7 Å². The number of nitrogens with one attached hydrogen (secondary N) is 1. The summed E-state index contributed by atoms with van der Waals surface area (Å²) in [6.45, 7) is 2.05. The summed E-state index contributed by atoms with van der Waals surface area (Å²) in [5.41, 5.74) is 2.64. The van der Waals surface area contributed by atoms with Gasteiger partial charge in [-0.1, -0.05) is 0 Å². The maximum atomic E-state index is 12.7. The van der Waals surface area contributed by atoms with Crippen molar-refractivity contribution in [3.8, 4) is 17.3 Å². The molecule has 8 nitrogen and oxygen atoms in total. The molecular formula is C16H21N5O3S. The Bertz CT molecular complexity index is 856. The van der Waals surface area contributed by atoms with Crippen LogP contribution < -0.4 is 4.74 Å². The molecule has 134 valence electrons. The molecule has 2 aromatic heterocycles. The normalized spacial score (nSPS) is 19.1. The van der Waals surface area contributed by atoms with Crippen molar-refractivity contribution < 1.29 is 13.2 Å². The number of H-pyrrole nitrogens is 1. The van der Waals surface area contributed by atoms with Gasteiger partial charge in [-0.3, -0.25) is 0 Å². The summed E-state index contributed by atoms with van der Waals surface area (Å²) in [4.78, 5) is 12.1. The summed E-state index contributed by atoms with van der Waals surface area (Å²) < 4.78 is 33.7. The van der Waals surface area contributed by atoms with Crippen molar-refractivity contribution in [3.63, 3.8) is 0 Å². The molecule has 0 aromatic carbocycles. The van der Waals surface area contributed by atoms with Crippen molar-refractivity contribution >= 4 is 10.2 Å². The first-order chi connectivity index (χ1) is 12.1. The molecule has 0 atom stereocenters. The molecule has 0 radical (unpaired) electrons. The predicted molar refractivity (Wildman–Crippen MR) is 92.2 cm³/mol. The second-order valence-electron chi connectivity index (χ2n) is 6.30. The quantitative estimate of drug-likeness (QED) is 0.881. The molecule has 1 N–H and O–H groups in total. The van der Waals surface area contributed by atoms with Gasteiger partial charge in [-0.2, -0.15) is 17.0 Å². The highest BCUT2D eigenvalue weighted by molar-refractivity contribution is 7.86. The molecule has 1 fully saturated rings. The van der Waals surface area contributed by atoms with Crippen molar-refractivity contribution in [2.45, 2.75) is 25.8 Å². The highest BCUT2D eigenvalue weighted by atomic mass is 32.2. The van der Waals surface area contributed by atoms with E-state index in [4.69, 9.17) is 4.74 Å². The number of hydrogen-bond acceptors (Lipinski definition) is 5. The lowest BCUT2D eigenvalue weighted by Gasteiger charge is -2.29. The summed E-state index contributed by atoms with van der Waals surface area (Å²) in [7, 11) is -1.81. The van der Waals surface area contributed by atoms with Crippen LogP contribution in [-0.2, 0) is 23.2 Å². The Morgan fingerprint density at radius 2 is 1.96 bits per heavy atom. The van der Waals surface area contributed by atoms with Gasteiger partial charge in [0, 0.05) is 43.9 Å². The number of aromatic amines is 1. The van der Waals surface area contributed by atoms with Crippen LogP contribution in [0.3, 0.4) is 0 Å². The zero-order valence-corrected chi connectivity index (χ0v) is 14.9. The zero-order chi connectivity index (χ0) is 17.4. The molecule has 0 aliphatic carbocycles. The fourth-order valence-corrected chi connectivity index (χ4v) is 4.99. The van der Waals surface area contributed by atoms with Crippen LogP contribution in [0.15, 0.2) is 18.3 Å². The van der Waals surface area contributed by atoms with Gasteiger partial charge in [0.15, 0.2) is 0 Å². The molecule has 1 saturated heterocycles. The third kappa shape index (κ3) is 3.03. The van der Waals surface area contributed by atoms with Crippen molar-refractivity contribution in [1.29, 1.82) is 0 Å². The van der Waals surface area contributed by atoms with E-state index in [0.717, 1.165) is 29.8 Å². The van der Waals surface area contributed by atoms with E-state index in [0.29, 0.717) is 44.3 Å². The Kier molecular flexibility index (Phi) is 4.22. The average Bonchev–Trinajstić information content (AvgIpc) is 3.31. The van der Waals surface area contributed by atoms with Gasteiger partial charge in [0.25, 0.3) is 10.2 Å². The Balaban J connectivity index is 1.56. The summed E-state index contributed by atoms with van der Waals surface area (Å²) in [6.07, 6.45) is 4.19. The minimum atomic E-state index is -3.38. The van der Waals surface area contributed by atoms with Crippen LogP contribution in [0.2, 0.25) is 0 Å². The van der Waals surface area contributed by atoms with Crippen LogP contribution >= 0.6 is 0 Å². The van der Waals surface area contributed by atoms with Crippen LogP contribution in [0.1, 0.15) is 24.2 Å². The van der Waals surface area contributed by atoms with E-state index < -0.39 is 10.2 Å². The van der Waals surface area contributed by atoms with E-state index in [2.05, 4.69) is 15.0 Å².